The highest BCUT2D eigenvalue weighted by Crippen LogP contribution is 2.13. The lowest BCUT2D eigenvalue weighted by molar-refractivity contribution is -0.150. The highest BCUT2D eigenvalue weighted by atomic mass is 28.4. The Kier molecular flexibility index (Phi) is 7.79. The van der Waals surface area contributed by atoms with Gasteiger partial charge in [-0.15, -0.1) is 0 Å². The lowest BCUT2D eigenvalue weighted by Gasteiger charge is -2.26. The Balaban J connectivity index is 2.49. The third kappa shape index (κ3) is 8.97. The summed E-state index contributed by atoms with van der Waals surface area (Å²) in [5, 5.41) is 0. The Morgan fingerprint density at radius 3 is 2.32 bits per heavy atom. The Hall–Kier alpha value is -1.17. The summed E-state index contributed by atoms with van der Waals surface area (Å²) in [4.78, 5) is 11.8. The second kappa shape index (κ2) is 9.08. The fourth-order valence-corrected chi connectivity index (χ4v) is 3.17. The molecule has 4 nitrogen and oxygen atoms in total. The van der Waals surface area contributed by atoms with Crippen LogP contribution in [-0.2, 0) is 25.3 Å². The van der Waals surface area contributed by atoms with Gasteiger partial charge in [0.2, 0.25) is 0 Å². The van der Waals surface area contributed by atoms with Gasteiger partial charge in [0.05, 0.1) is 31.8 Å². The van der Waals surface area contributed by atoms with Crippen LogP contribution in [0.3, 0.4) is 0 Å². The van der Waals surface area contributed by atoms with Crippen molar-refractivity contribution in [1.82, 2.24) is 0 Å². The van der Waals surface area contributed by atoms with Crippen molar-refractivity contribution < 1.29 is 18.7 Å². The number of hydrogen-bond donors (Lipinski definition) is 0. The molecule has 0 amide bonds. The van der Waals surface area contributed by atoms with Gasteiger partial charge in [-0.2, -0.15) is 0 Å². The molecule has 0 aliphatic rings. The molecule has 124 valence electrons. The number of rotatable bonds is 9. The van der Waals surface area contributed by atoms with Crippen LogP contribution in [-0.4, -0.2) is 33.1 Å². The second-order valence-corrected chi connectivity index (χ2v) is 11.1. The smallest absolute Gasteiger partial charge is 0.308 e. The molecule has 0 spiro atoms. The van der Waals surface area contributed by atoms with Crippen LogP contribution in [0.15, 0.2) is 30.3 Å². The fraction of sp³-hybridized carbons (Fsp3) is 0.588. The Bertz CT molecular complexity index is 440. The van der Waals surface area contributed by atoms with E-state index >= 15 is 0 Å². The van der Waals surface area contributed by atoms with Crippen molar-refractivity contribution in [2.24, 2.45) is 0 Å². The Morgan fingerprint density at radius 2 is 1.77 bits per heavy atom. The molecule has 0 heterocycles. The number of carbonyl (C=O) groups is 1. The Morgan fingerprint density at radius 1 is 1.14 bits per heavy atom. The van der Waals surface area contributed by atoms with E-state index in [2.05, 4.69) is 19.6 Å². The minimum atomic E-state index is -1.74. The summed E-state index contributed by atoms with van der Waals surface area (Å²) in [5.41, 5.74) is 1.11. The first-order chi connectivity index (χ1) is 10.3. The van der Waals surface area contributed by atoms with Crippen LogP contribution < -0.4 is 0 Å². The van der Waals surface area contributed by atoms with Crippen LogP contribution in [0.1, 0.15) is 25.8 Å². The standard InChI is InChI=1S/C17H28O4Si/c1-14(2)20-17(18)11-16(21-22(3,4)5)13-19-12-15-9-7-6-8-10-15/h6-10,14,16H,11-13H2,1-5H3/t16-/m0/s1. The quantitative estimate of drug-likeness (QED) is 0.512. The van der Waals surface area contributed by atoms with Gasteiger partial charge in [-0.25, -0.2) is 0 Å². The molecular formula is C17H28O4Si. The highest BCUT2D eigenvalue weighted by molar-refractivity contribution is 6.69. The summed E-state index contributed by atoms with van der Waals surface area (Å²) in [7, 11) is -1.74. The molecule has 5 heteroatoms. The first kappa shape index (κ1) is 18.9. The maximum atomic E-state index is 11.8. The highest BCUT2D eigenvalue weighted by Gasteiger charge is 2.24. The molecular weight excluding hydrogens is 296 g/mol. The first-order valence-electron chi connectivity index (χ1n) is 7.75. The van der Waals surface area contributed by atoms with Gasteiger partial charge >= 0.3 is 5.97 Å². The molecule has 0 unspecified atom stereocenters. The van der Waals surface area contributed by atoms with E-state index in [9.17, 15) is 4.79 Å². The molecule has 0 aliphatic heterocycles. The molecule has 0 N–H and O–H groups in total. The fourth-order valence-electron chi connectivity index (χ4n) is 2.01. The average Bonchev–Trinajstić information content (AvgIpc) is 2.36. The minimum absolute atomic E-state index is 0.106. The van der Waals surface area contributed by atoms with Crippen LogP contribution in [0.2, 0.25) is 19.6 Å². The number of carbonyl (C=O) groups excluding carboxylic acids is 1. The summed E-state index contributed by atoms with van der Waals surface area (Å²) in [6.07, 6.45) is -0.121. The average molecular weight is 324 g/mol. The molecule has 0 saturated carbocycles. The zero-order valence-corrected chi connectivity index (χ0v) is 15.3. The molecule has 1 rings (SSSR count). The number of hydrogen-bond acceptors (Lipinski definition) is 4. The molecule has 0 bridgehead atoms. The third-order valence-corrected chi connectivity index (χ3v) is 3.74. The van der Waals surface area contributed by atoms with Gasteiger partial charge in [0.25, 0.3) is 0 Å². The van der Waals surface area contributed by atoms with E-state index in [1.807, 2.05) is 44.2 Å². The topological polar surface area (TPSA) is 44.8 Å². The summed E-state index contributed by atoms with van der Waals surface area (Å²) in [6, 6.07) is 9.97. The van der Waals surface area contributed by atoms with Crippen molar-refractivity contribution in [3.63, 3.8) is 0 Å². The molecule has 0 fully saturated rings. The second-order valence-electron chi connectivity index (χ2n) is 6.60. The molecule has 0 saturated heterocycles. The summed E-state index contributed by atoms with van der Waals surface area (Å²) < 4.78 is 17.0. The zero-order valence-electron chi connectivity index (χ0n) is 14.3. The van der Waals surface area contributed by atoms with E-state index in [0.29, 0.717) is 13.2 Å². The van der Waals surface area contributed by atoms with Crippen LogP contribution in [0, 0.1) is 0 Å². The van der Waals surface area contributed by atoms with Crippen molar-refractivity contribution in [1.29, 1.82) is 0 Å². The lowest BCUT2D eigenvalue weighted by Crippen LogP contribution is -2.36. The van der Waals surface area contributed by atoms with E-state index in [1.165, 1.54) is 0 Å². The number of benzene rings is 1. The Labute approximate surface area is 134 Å². The normalized spacial score (nSPS) is 13.2. The molecule has 0 aliphatic carbocycles. The van der Waals surface area contributed by atoms with Crippen molar-refractivity contribution in [2.75, 3.05) is 6.61 Å². The van der Waals surface area contributed by atoms with Gasteiger partial charge in [-0.1, -0.05) is 30.3 Å². The van der Waals surface area contributed by atoms with E-state index in [-0.39, 0.29) is 24.6 Å². The third-order valence-electron chi connectivity index (χ3n) is 2.70. The van der Waals surface area contributed by atoms with Gasteiger partial charge in [-0.05, 0) is 39.1 Å². The van der Waals surface area contributed by atoms with Crippen LogP contribution in [0.4, 0.5) is 0 Å². The van der Waals surface area contributed by atoms with Gasteiger partial charge < -0.3 is 13.9 Å². The van der Waals surface area contributed by atoms with Crippen molar-refractivity contribution in [2.45, 2.75) is 58.7 Å². The predicted molar refractivity (Wildman–Crippen MR) is 90.2 cm³/mol. The van der Waals surface area contributed by atoms with Gasteiger partial charge in [0, 0.05) is 0 Å². The summed E-state index contributed by atoms with van der Waals surface area (Å²) in [6.45, 7) is 10.9. The summed E-state index contributed by atoms with van der Waals surface area (Å²) >= 11 is 0. The van der Waals surface area contributed by atoms with Crippen molar-refractivity contribution >= 4 is 14.3 Å². The van der Waals surface area contributed by atoms with Crippen LogP contribution in [0.25, 0.3) is 0 Å². The lowest BCUT2D eigenvalue weighted by atomic mass is 10.2. The largest absolute Gasteiger partial charge is 0.463 e. The maximum Gasteiger partial charge on any atom is 0.308 e. The van der Waals surface area contributed by atoms with Crippen LogP contribution >= 0.6 is 0 Å². The first-order valence-corrected chi connectivity index (χ1v) is 11.2. The maximum absolute atomic E-state index is 11.8. The van der Waals surface area contributed by atoms with Gasteiger partial charge in [-0.3, -0.25) is 4.79 Å². The minimum Gasteiger partial charge on any atom is -0.463 e. The van der Waals surface area contributed by atoms with E-state index in [1.54, 1.807) is 0 Å². The van der Waals surface area contributed by atoms with E-state index in [4.69, 9.17) is 13.9 Å². The molecule has 0 aromatic heterocycles. The zero-order chi connectivity index (χ0) is 16.6. The van der Waals surface area contributed by atoms with E-state index in [0.717, 1.165) is 5.56 Å². The predicted octanol–water partition coefficient (Wildman–Crippen LogP) is 3.77. The van der Waals surface area contributed by atoms with E-state index < -0.39 is 8.32 Å². The SMILES string of the molecule is CC(C)OC(=O)C[C@@H](COCc1ccccc1)O[Si](C)(C)C. The summed E-state index contributed by atoms with van der Waals surface area (Å²) in [5.74, 6) is -0.235. The molecule has 1 aromatic rings. The van der Waals surface area contributed by atoms with Gasteiger partial charge in [0.1, 0.15) is 0 Å². The molecule has 1 aromatic carbocycles. The van der Waals surface area contributed by atoms with Crippen molar-refractivity contribution in [3.05, 3.63) is 35.9 Å². The van der Waals surface area contributed by atoms with Crippen LogP contribution in [0.5, 0.6) is 0 Å². The number of esters is 1. The van der Waals surface area contributed by atoms with Crippen molar-refractivity contribution in [3.8, 4) is 0 Å². The number of ether oxygens (including phenoxy) is 2. The molecule has 1 atom stereocenters. The molecule has 22 heavy (non-hydrogen) atoms. The monoisotopic (exact) mass is 324 g/mol. The van der Waals surface area contributed by atoms with Gasteiger partial charge in [0.15, 0.2) is 8.32 Å². The molecule has 0 radical (unpaired) electrons.